The topological polar surface area (TPSA) is 65.7 Å². The Kier molecular flexibility index (Phi) is 3.20. The van der Waals surface area contributed by atoms with E-state index < -0.39 is 6.09 Å². The molecule has 2 aromatic carbocycles. The highest BCUT2D eigenvalue weighted by atomic mass is 16.6. The van der Waals surface area contributed by atoms with E-state index in [-0.39, 0.29) is 0 Å². The minimum Gasteiger partial charge on any atom is -0.493 e. The molecule has 118 valence electrons. The van der Waals surface area contributed by atoms with Crippen LogP contribution in [0.2, 0.25) is 0 Å². The van der Waals surface area contributed by atoms with Crippen molar-refractivity contribution in [2.24, 2.45) is 5.73 Å². The lowest BCUT2D eigenvalue weighted by molar-refractivity contribution is -0.509. The van der Waals surface area contributed by atoms with Crippen LogP contribution >= 0.6 is 0 Å². The number of rotatable bonds is 2. The van der Waals surface area contributed by atoms with E-state index in [1.54, 1.807) is 6.07 Å². The van der Waals surface area contributed by atoms with Crippen LogP contribution in [0, 0.1) is 0 Å². The Hall–Kier alpha value is -3.34. The van der Waals surface area contributed by atoms with Gasteiger partial charge in [0, 0.05) is 12.1 Å². The summed E-state index contributed by atoms with van der Waals surface area (Å²) >= 11 is 0. The van der Waals surface area contributed by atoms with Crippen molar-refractivity contribution in [2.75, 3.05) is 7.11 Å². The molecule has 1 amide bonds. The fourth-order valence-electron chi connectivity index (χ4n) is 3.03. The quantitative estimate of drug-likeness (QED) is 0.350. The number of amides is 1. The molecule has 0 fully saturated rings. The second-order valence-corrected chi connectivity index (χ2v) is 5.49. The van der Waals surface area contributed by atoms with E-state index in [0.717, 1.165) is 21.7 Å². The molecule has 0 saturated carbocycles. The molecule has 5 nitrogen and oxygen atoms in total. The monoisotopic (exact) mass is 319 g/mol. The van der Waals surface area contributed by atoms with Crippen molar-refractivity contribution < 1.29 is 18.7 Å². The van der Waals surface area contributed by atoms with Gasteiger partial charge >= 0.3 is 6.09 Å². The third-order valence-electron chi connectivity index (χ3n) is 4.11. The second-order valence-electron chi connectivity index (χ2n) is 5.49. The third kappa shape index (κ3) is 2.18. The van der Waals surface area contributed by atoms with E-state index in [1.807, 2.05) is 41.1 Å². The van der Waals surface area contributed by atoms with E-state index in [9.17, 15) is 4.79 Å². The van der Waals surface area contributed by atoms with E-state index in [0.29, 0.717) is 11.5 Å². The van der Waals surface area contributed by atoms with E-state index in [2.05, 4.69) is 18.2 Å². The van der Waals surface area contributed by atoms with Crippen molar-refractivity contribution in [3.8, 4) is 11.5 Å². The van der Waals surface area contributed by atoms with Gasteiger partial charge in [0.25, 0.3) is 0 Å². The van der Waals surface area contributed by atoms with Crippen molar-refractivity contribution >= 4 is 33.2 Å². The maximum atomic E-state index is 11.3. The summed E-state index contributed by atoms with van der Waals surface area (Å²) < 4.78 is 12.5. The van der Waals surface area contributed by atoms with Crippen molar-refractivity contribution in [1.29, 1.82) is 0 Å². The number of methoxy groups -OCH3 is 1. The maximum Gasteiger partial charge on any atom is 0.410 e. The number of hydrogen-bond acceptors (Lipinski definition) is 3. The number of primary amides is 1. The molecule has 4 aromatic rings. The van der Waals surface area contributed by atoms with Gasteiger partial charge in [-0.25, -0.2) is 4.79 Å². The number of nitrogens with two attached hydrogens (primary N) is 1. The Labute approximate surface area is 137 Å². The molecule has 24 heavy (non-hydrogen) atoms. The highest BCUT2D eigenvalue weighted by Gasteiger charge is 2.17. The number of fused-ring (bicyclic) bond motifs is 4. The minimum absolute atomic E-state index is 0.324. The minimum atomic E-state index is -0.871. The molecule has 4 rings (SSSR count). The first kappa shape index (κ1) is 14.3. The van der Waals surface area contributed by atoms with Crippen LogP contribution in [0.15, 0.2) is 60.9 Å². The van der Waals surface area contributed by atoms with Gasteiger partial charge in [-0.1, -0.05) is 18.2 Å². The second kappa shape index (κ2) is 5.38. The largest absolute Gasteiger partial charge is 0.493 e. The van der Waals surface area contributed by atoms with Gasteiger partial charge in [-0.15, -0.1) is 0 Å². The van der Waals surface area contributed by atoms with Gasteiger partial charge in [0.15, 0.2) is 23.9 Å². The molecule has 2 aromatic heterocycles. The summed E-state index contributed by atoms with van der Waals surface area (Å²) in [5.41, 5.74) is 6.27. The molecule has 0 atom stereocenters. The smallest absolute Gasteiger partial charge is 0.410 e. The van der Waals surface area contributed by atoms with Gasteiger partial charge < -0.3 is 15.2 Å². The third-order valence-corrected chi connectivity index (χ3v) is 4.11. The highest BCUT2D eigenvalue weighted by Crippen LogP contribution is 2.35. The Morgan fingerprint density at radius 1 is 1.04 bits per heavy atom. The summed E-state index contributed by atoms with van der Waals surface area (Å²) in [6.45, 7) is 0. The zero-order chi connectivity index (χ0) is 16.7. The van der Waals surface area contributed by atoms with E-state index in [4.69, 9.17) is 15.2 Å². The number of hydrogen-bond donors (Lipinski definition) is 1. The Morgan fingerprint density at radius 2 is 1.88 bits per heavy atom. The molecule has 0 unspecified atom stereocenters. The average Bonchev–Trinajstić information content (AvgIpc) is 2.60. The van der Waals surface area contributed by atoms with Gasteiger partial charge in [-0.05, 0) is 29.0 Å². The van der Waals surface area contributed by atoms with Gasteiger partial charge in [0.05, 0.1) is 17.9 Å². The molecule has 2 heterocycles. The molecule has 0 spiro atoms. The van der Waals surface area contributed by atoms with Crippen molar-refractivity contribution in [3.05, 3.63) is 60.9 Å². The first-order chi connectivity index (χ1) is 11.7. The SMILES string of the molecule is COc1ccc2cc3c4ccccc4cc[n+]3cc2c1OC(N)=O. The first-order valence-corrected chi connectivity index (χ1v) is 7.48. The lowest BCUT2D eigenvalue weighted by atomic mass is 10.1. The summed E-state index contributed by atoms with van der Waals surface area (Å²) in [4.78, 5) is 11.3. The van der Waals surface area contributed by atoms with E-state index >= 15 is 0 Å². The number of carbonyl (C=O) groups is 1. The molecule has 0 radical (unpaired) electrons. The molecule has 0 bridgehead atoms. The van der Waals surface area contributed by atoms with Crippen molar-refractivity contribution in [3.63, 3.8) is 0 Å². The van der Waals surface area contributed by atoms with Crippen molar-refractivity contribution in [2.45, 2.75) is 0 Å². The van der Waals surface area contributed by atoms with Crippen LogP contribution in [0.1, 0.15) is 0 Å². The van der Waals surface area contributed by atoms with Gasteiger partial charge in [0.1, 0.15) is 0 Å². The van der Waals surface area contributed by atoms with E-state index in [1.165, 1.54) is 12.5 Å². The molecular formula is C19H15N2O3+. The molecule has 0 aliphatic carbocycles. The number of nitrogens with zero attached hydrogens (tertiary/aromatic N) is 1. The molecule has 0 aliphatic heterocycles. The normalized spacial score (nSPS) is 11.0. The molecular weight excluding hydrogens is 304 g/mol. The zero-order valence-electron chi connectivity index (χ0n) is 13.0. The van der Waals surface area contributed by atoms with Crippen molar-refractivity contribution in [1.82, 2.24) is 0 Å². The average molecular weight is 319 g/mol. The molecule has 5 heteroatoms. The molecule has 2 N–H and O–H groups in total. The predicted molar refractivity (Wildman–Crippen MR) is 91.4 cm³/mol. The van der Waals surface area contributed by atoms with Crippen LogP contribution in [-0.4, -0.2) is 13.2 Å². The highest BCUT2D eigenvalue weighted by molar-refractivity contribution is 5.99. The lowest BCUT2D eigenvalue weighted by Crippen LogP contribution is -2.21. The standard InChI is InChI=1S/C19H14N2O3/c1-23-17-7-6-13-10-16-14-5-3-2-4-12(14)8-9-21(16)11-15(13)18(17)24-19(20)22/h2-11H,1H3,(H-,20,22)/p+1. The Balaban J connectivity index is 2.10. The Morgan fingerprint density at radius 3 is 2.67 bits per heavy atom. The van der Waals surface area contributed by atoms with Crippen LogP contribution < -0.4 is 19.6 Å². The number of ether oxygens (including phenoxy) is 2. The summed E-state index contributed by atoms with van der Waals surface area (Å²) in [5.74, 6) is 0.784. The lowest BCUT2D eigenvalue weighted by Gasteiger charge is -2.10. The predicted octanol–water partition coefficient (Wildman–Crippen LogP) is 3.20. The number of pyridine rings is 2. The molecule has 0 saturated heterocycles. The summed E-state index contributed by atoms with van der Waals surface area (Å²) in [6, 6.07) is 16.0. The zero-order valence-corrected chi connectivity index (χ0v) is 13.0. The fraction of sp³-hybridized carbons (Fsp3) is 0.0526. The van der Waals surface area contributed by atoms with Crippen LogP contribution in [0.4, 0.5) is 4.79 Å². The Bertz CT molecular complexity index is 1110. The van der Waals surface area contributed by atoms with Crippen LogP contribution in [0.5, 0.6) is 11.5 Å². The van der Waals surface area contributed by atoms with Gasteiger partial charge in [0.2, 0.25) is 5.52 Å². The van der Waals surface area contributed by atoms with Crippen LogP contribution in [0.3, 0.4) is 0 Å². The number of carbonyl (C=O) groups excluding carboxylic acids is 1. The first-order valence-electron chi connectivity index (χ1n) is 7.48. The van der Waals surface area contributed by atoms with Crippen LogP contribution in [-0.2, 0) is 0 Å². The van der Waals surface area contributed by atoms with Gasteiger partial charge in [-0.3, -0.25) is 0 Å². The fourth-order valence-corrected chi connectivity index (χ4v) is 3.03. The molecule has 0 aliphatic rings. The summed E-state index contributed by atoms with van der Waals surface area (Å²) in [7, 11) is 1.52. The summed E-state index contributed by atoms with van der Waals surface area (Å²) in [5, 5.41) is 4.00. The van der Waals surface area contributed by atoms with Crippen LogP contribution in [0.25, 0.3) is 27.1 Å². The maximum absolute atomic E-state index is 11.3. The summed E-state index contributed by atoms with van der Waals surface area (Å²) in [6.07, 6.45) is 3.02. The number of aromatic nitrogens is 1. The number of benzene rings is 2. The van der Waals surface area contributed by atoms with Gasteiger partial charge in [-0.2, -0.15) is 4.40 Å².